The van der Waals surface area contributed by atoms with Crippen LogP contribution in [0.1, 0.15) is 53.9 Å². The van der Waals surface area contributed by atoms with Gasteiger partial charge in [-0.3, -0.25) is 0 Å². The lowest BCUT2D eigenvalue weighted by Crippen LogP contribution is -2.38. The van der Waals surface area contributed by atoms with Crippen molar-refractivity contribution in [3.63, 3.8) is 0 Å². The zero-order valence-corrected chi connectivity index (χ0v) is 12.4. The summed E-state index contributed by atoms with van der Waals surface area (Å²) in [6, 6.07) is 0. The van der Waals surface area contributed by atoms with Crippen molar-refractivity contribution in [3.05, 3.63) is 0 Å². The van der Waals surface area contributed by atoms with Gasteiger partial charge in [0.25, 0.3) is 0 Å². The minimum atomic E-state index is 0.0987. The van der Waals surface area contributed by atoms with E-state index in [4.69, 9.17) is 0 Å². The molecule has 1 aliphatic heterocycles. The Kier molecular flexibility index (Phi) is 5.03. The lowest BCUT2D eigenvalue weighted by molar-refractivity contribution is 0.0850. The summed E-state index contributed by atoms with van der Waals surface area (Å²) in [6.07, 6.45) is 3.60. The minimum absolute atomic E-state index is 0.0987. The standard InChI is InChI=1S/C15H31NO/c1-6-8-15(5,12-17)11-16-9-7-13(10-16)14(2,3)4/h13,17H,6-12H2,1-5H3. The molecular formula is C15H31NO. The average molecular weight is 241 g/mol. The highest BCUT2D eigenvalue weighted by Gasteiger charge is 2.34. The molecule has 0 aromatic carbocycles. The van der Waals surface area contributed by atoms with Crippen molar-refractivity contribution in [2.45, 2.75) is 53.9 Å². The van der Waals surface area contributed by atoms with Crippen molar-refractivity contribution >= 4 is 0 Å². The third-order valence-electron chi connectivity index (χ3n) is 4.34. The van der Waals surface area contributed by atoms with Crippen LogP contribution in [0.3, 0.4) is 0 Å². The Morgan fingerprint density at radius 1 is 1.24 bits per heavy atom. The SMILES string of the molecule is CCCC(C)(CO)CN1CCC(C(C)(C)C)C1. The van der Waals surface area contributed by atoms with Gasteiger partial charge in [-0.15, -0.1) is 0 Å². The van der Waals surface area contributed by atoms with Crippen molar-refractivity contribution in [1.82, 2.24) is 4.90 Å². The molecule has 0 saturated carbocycles. The highest BCUT2D eigenvalue weighted by molar-refractivity contribution is 4.87. The molecule has 0 radical (unpaired) electrons. The second-order valence-corrected chi connectivity index (χ2v) is 7.31. The molecule has 0 aromatic heterocycles. The lowest BCUT2D eigenvalue weighted by atomic mass is 9.80. The molecule has 0 aliphatic carbocycles. The molecule has 1 aliphatic rings. The van der Waals surface area contributed by atoms with Gasteiger partial charge >= 0.3 is 0 Å². The molecule has 1 fully saturated rings. The molecule has 0 spiro atoms. The summed E-state index contributed by atoms with van der Waals surface area (Å²) < 4.78 is 0. The maximum absolute atomic E-state index is 9.58. The van der Waals surface area contributed by atoms with E-state index in [-0.39, 0.29) is 5.41 Å². The fourth-order valence-electron chi connectivity index (χ4n) is 3.03. The molecule has 2 atom stereocenters. The lowest BCUT2D eigenvalue weighted by Gasteiger charge is -2.33. The van der Waals surface area contributed by atoms with Crippen LogP contribution in [0.25, 0.3) is 0 Å². The van der Waals surface area contributed by atoms with Gasteiger partial charge in [-0.2, -0.15) is 0 Å². The molecule has 2 heteroatoms. The fraction of sp³-hybridized carbons (Fsp3) is 1.00. The van der Waals surface area contributed by atoms with Crippen molar-refractivity contribution in [2.24, 2.45) is 16.7 Å². The first kappa shape index (κ1) is 15.0. The number of aliphatic hydroxyl groups excluding tert-OH is 1. The van der Waals surface area contributed by atoms with Gasteiger partial charge in [-0.1, -0.05) is 41.0 Å². The number of likely N-dealkylation sites (tertiary alicyclic amines) is 1. The van der Waals surface area contributed by atoms with Gasteiger partial charge in [-0.05, 0) is 30.7 Å². The van der Waals surface area contributed by atoms with Crippen LogP contribution >= 0.6 is 0 Å². The predicted octanol–water partition coefficient (Wildman–Crippen LogP) is 3.15. The quantitative estimate of drug-likeness (QED) is 0.799. The van der Waals surface area contributed by atoms with Gasteiger partial charge in [0, 0.05) is 25.1 Å². The summed E-state index contributed by atoms with van der Waals surface area (Å²) in [6.45, 7) is 15.3. The Balaban J connectivity index is 2.49. The van der Waals surface area contributed by atoms with Crippen LogP contribution in [0.5, 0.6) is 0 Å². The second-order valence-electron chi connectivity index (χ2n) is 7.31. The zero-order valence-electron chi connectivity index (χ0n) is 12.4. The van der Waals surface area contributed by atoms with Crippen LogP contribution in [0.15, 0.2) is 0 Å². The molecular weight excluding hydrogens is 210 g/mol. The molecule has 17 heavy (non-hydrogen) atoms. The largest absolute Gasteiger partial charge is 0.396 e. The number of hydrogen-bond donors (Lipinski definition) is 1. The van der Waals surface area contributed by atoms with E-state index in [1.165, 1.54) is 19.5 Å². The molecule has 2 unspecified atom stereocenters. The van der Waals surface area contributed by atoms with Crippen LogP contribution in [-0.4, -0.2) is 36.2 Å². The predicted molar refractivity (Wildman–Crippen MR) is 74.1 cm³/mol. The minimum Gasteiger partial charge on any atom is -0.396 e. The Morgan fingerprint density at radius 3 is 2.29 bits per heavy atom. The van der Waals surface area contributed by atoms with Gasteiger partial charge < -0.3 is 10.0 Å². The highest BCUT2D eigenvalue weighted by Crippen LogP contribution is 2.35. The van der Waals surface area contributed by atoms with E-state index in [0.717, 1.165) is 25.3 Å². The Hall–Kier alpha value is -0.0800. The number of hydrogen-bond acceptors (Lipinski definition) is 2. The van der Waals surface area contributed by atoms with E-state index in [0.29, 0.717) is 12.0 Å². The summed E-state index contributed by atoms with van der Waals surface area (Å²) in [5.74, 6) is 0.812. The monoisotopic (exact) mass is 241 g/mol. The van der Waals surface area contributed by atoms with Gasteiger partial charge in [-0.25, -0.2) is 0 Å². The van der Waals surface area contributed by atoms with Crippen LogP contribution in [-0.2, 0) is 0 Å². The van der Waals surface area contributed by atoms with Crippen molar-refractivity contribution < 1.29 is 5.11 Å². The van der Waals surface area contributed by atoms with Gasteiger partial charge in [0.2, 0.25) is 0 Å². The topological polar surface area (TPSA) is 23.5 Å². The summed E-state index contributed by atoms with van der Waals surface area (Å²) in [5, 5.41) is 9.58. The van der Waals surface area contributed by atoms with Crippen molar-refractivity contribution in [1.29, 1.82) is 0 Å². The highest BCUT2D eigenvalue weighted by atomic mass is 16.3. The van der Waals surface area contributed by atoms with E-state index < -0.39 is 0 Å². The molecule has 1 saturated heterocycles. The van der Waals surface area contributed by atoms with Crippen LogP contribution < -0.4 is 0 Å². The van der Waals surface area contributed by atoms with E-state index in [2.05, 4.69) is 39.5 Å². The van der Waals surface area contributed by atoms with Crippen LogP contribution in [0.2, 0.25) is 0 Å². The molecule has 102 valence electrons. The first-order valence-corrected chi connectivity index (χ1v) is 7.14. The molecule has 1 heterocycles. The first-order valence-electron chi connectivity index (χ1n) is 7.14. The molecule has 0 amide bonds. The Bertz CT molecular complexity index is 234. The maximum Gasteiger partial charge on any atom is 0.0497 e. The van der Waals surface area contributed by atoms with Gasteiger partial charge in [0.1, 0.15) is 0 Å². The third kappa shape index (κ3) is 4.26. The van der Waals surface area contributed by atoms with E-state index in [1.807, 2.05) is 0 Å². The molecule has 1 N–H and O–H groups in total. The zero-order chi connectivity index (χ0) is 13.1. The second kappa shape index (κ2) is 5.71. The summed E-state index contributed by atoms with van der Waals surface area (Å²) in [5.41, 5.74) is 0.524. The van der Waals surface area contributed by atoms with Crippen LogP contribution in [0, 0.1) is 16.7 Å². The van der Waals surface area contributed by atoms with E-state index in [9.17, 15) is 5.11 Å². The Morgan fingerprint density at radius 2 is 1.88 bits per heavy atom. The molecule has 0 aromatic rings. The van der Waals surface area contributed by atoms with E-state index >= 15 is 0 Å². The van der Waals surface area contributed by atoms with Gasteiger partial charge in [0.15, 0.2) is 0 Å². The summed E-state index contributed by atoms with van der Waals surface area (Å²) >= 11 is 0. The van der Waals surface area contributed by atoms with Crippen molar-refractivity contribution in [2.75, 3.05) is 26.2 Å². The Labute approximate surface area is 107 Å². The normalized spacial score (nSPS) is 26.1. The summed E-state index contributed by atoms with van der Waals surface area (Å²) in [4.78, 5) is 2.56. The summed E-state index contributed by atoms with van der Waals surface area (Å²) in [7, 11) is 0. The molecule has 2 nitrogen and oxygen atoms in total. The van der Waals surface area contributed by atoms with Crippen LogP contribution in [0.4, 0.5) is 0 Å². The smallest absolute Gasteiger partial charge is 0.0497 e. The fourth-order valence-corrected chi connectivity index (χ4v) is 3.03. The van der Waals surface area contributed by atoms with E-state index in [1.54, 1.807) is 0 Å². The maximum atomic E-state index is 9.58. The third-order valence-corrected chi connectivity index (χ3v) is 4.34. The average Bonchev–Trinajstić information content (AvgIpc) is 2.66. The number of nitrogens with zero attached hydrogens (tertiary/aromatic N) is 1. The molecule has 1 rings (SSSR count). The molecule has 0 bridgehead atoms. The van der Waals surface area contributed by atoms with Crippen molar-refractivity contribution in [3.8, 4) is 0 Å². The first-order chi connectivity index (χ1) is 7.80. The number of rotatable bonds is 5. The van der Waals surface area contributed by atoms with Gasteiger partial charge in [0.05, 0.1) is 0 Å². The number of aliphatic hydroxyl groups is 1.